The van der Waals surface area contributed by atoms with Crippen LogP contribution in [0.15, 0.2) is 77.6 Å². The molecular formula is C24H15ClFNO3. The number of carbonyl (C=O) groups excluding carboxylic acids is 1. The molecule has 4 nitrogen and oxygen atoms in total. The molecule has 5 rings (SSSR count). The molecule has 1 aliphatic rings. The summed E-state index contributed by atoms with van der Waals surface area (Å²) in [4.78, 5) is 26.2. The van der Waals surface area contributed by atoms with Crippen LogP contribution in [0.1, 0.15) is 23.5 Å². The van der Waals surface area contributed by atoms with Gasteiger partial charge in [-0.1, -0.05) is 48.0 Å². The lowest BCUT2D eigenvalue weighted by molar-refractivity contribution is -0.135. The maximum Gasteiger partial charge on any atom is 0.312 e. The summed E-state index contributed by atoms with van der Waals surface area (Å²) in [7, 11) is 0. The molecule has 1 aliphatic heterocycles. The zero-order chi connectivity index (χ0) is 20.8. The lowest BCUT2D eigenvalue weighted by Crippen LogP contribution is -2.32. The van der Waals surface area contributed by atoms with Gasteiger partial charge in [-0.2, -0.15) is 0 Å². The molecule has 6 heteroatoms. The van der Waals surface area contributed by atoms with Crippen LogP contribution in [0.4, 0.5) is 4.39 Å². The van der Waals surface area contributed by atoms with Crippen molar-refractivity contribution in [2.45, 2.75) is 12.3 Å². The number of aromatic nitrogens is 1. The molecule has 0 saturated carbocycles. The predicted octanol–water partition coefficient (Wildman–Crippen LogP) is 5.22. The molecule has 2 heterocycles. The van der Waals surface area contributed by atoms with Gasteiger partial charge < -0.3 is 4.74 Å². The van der Waals surface area contributed by atoms with Gasteiger partial charge in [-0.15, -0.1) is 0 Å². The number of ether oxygens (including phenoxy) is 1. The Morgan fingerprint density at radius 1 is 0.900 bits per heavy atom. The Balaban J connectivity index is 1.92. The molecule has 30 heavy (non-hydrogen) atoms. The molecule has 148 valence electrons. The molecular weight excluding hydrogens is 405 g/mol. The highest BCUT2D eigenvalue weighted by Crippen LogP contribution is 2.43. The minimum atomic E-state index is -0.845. The van der Waals surface area contributed by atoms with E-state index in [9.17, 15) is 14.0 Å². The Hall–Kier alpha value is -3.44. The van der Waals surface area contributed by atoms with E-state index >= 15 is 0 Å². The molecule has 0 radical (unpaired) electrons. The van der Waals surface area contributed by atoms with Crippen molar-refractivity contribution in [1.82, 2.24) is 4.57 Å². The third kappa shape index (κ3) is 2.82. The van der Waals surface area contributed by atoms with Gasteiger partial charge in [0.2, 0.25) is 0 Å². The second-order valence-electron chi connectivity index (χ2n) is 7.10. The maximum atomic E-state index is 14.8. The molecule has 1 unspecified atom stereocenters. The molecule has 0 bridgehead atoms. The normalized spacial score (nSPS) is 15.7. The van der Waals surface area contributed by atoms with Crippen LogP contribution < -0.4 is 10.3 Å². The third-order valence-corrected chi connectivity index (χ3v) is 5.70. The van der Waals surface area contributed by atoms with E-state index in [0.29, 0.717) is 16.6 Å². The van der Waals surface area contributed by atoms with E-state index in [1.165, 1.54) is 12.1 Å². The molecule has 0 fully saturated rings. The highest BCUT2D eigenvalue weighted by Gasteiger charge is 2.36. The van der Waals surface area contributed by atoms with Gasteiger partial charge in [-0.3, -0.25) is 14.2 Å². The fraction of sp³-hybridized carbons (Fsp3) is 0.0833. The second kappa shape index (κ2) is 7.11. The topological polar surface area (TPSA) is 48.3 Å². The smallest absolute Gasteiger partial charge is 0.312 e. The van der Waals surface area contributed by atoms with Gasteiger partial charge in [0, 0.05) is 27.6 Å². The summed E-state index contributed by atoms with van der Waals surface area (Å²) in [6.45, 7) is 0. The van der Waals surface area contributed by atoms with Crippen molar-refractivity contribution in [3.63, 3.8) is 0 Å². The van der Waals surface area contributed by atoms with Gasteiger partial charge in [0.05, 0.1) is 17.5 Å². The summed E-state index contributed by atoms with van der Waals surface area (Å²) in [5.41, 5.74) is 1.25. The highest BCUT2D eigenvalue weighted by molar-refractivity contribution is 6.31. The predicted molar refractivity (Wildman–Crippen MR) is 113 cm³/mol. The van der Waals surface area contributed by atoms with E-state index in [1.54, 1.807) is 28.8 Å². The van der Waals surface area contributed by atoms with Crippen LogP contribution in [0.3, 0.4) is 0 Å². The summed E-state index contributed by atoms with van der Waals surface area (Å²) in [6, 6.07) is 20.7. The second-order valence-corrected chi connectivity index (χ2v) is 7.51. The zero-order valence-corrected chi connectivity index (χ0v) is 16.4. The van der Waals surface area contributed by atoms with Crippen molar-refractivity contribution < 1.29 is 13.9 Å². The largest absolute Gasteiger partial charge is 0.425 e. The van der Waals surface area contributed by atoms with Gasteiger partial charge in [0.25, 0.3) is 5.56 Å². The van der Waals surface area contributed by atoms with Crippen LogP contribution in [-0.4, -0.2) is 10.5 Å². The van der Waals surface area contributed by atoms with E-state index < -0.39 is 17.7 Å². The van der Waals surface area contributed by atoms with Crippen molar-refractivity contribution in [2.75, 3.05) is 0 Å². The molecule has 1 aromatic heterocycles. The number of fused-ring (bicyclic) bond motifs is 3. The summed E-state index contributed by atoms with van der Waals surface area (Å²) < 4.78 is 21.9. The standard InChI is InChI=1S/C24H15ClFNO3/c25-17-10-6-11-18(26)21(17)16-13-20(28)30-23-15-9-4-5-12-19(15)27(24(29)22(16)23)14-7-2-1-3-8-14/h1-12,16H,13H2. The Morgan fingerprint density at radius 3 is 2.40 bits per heavy atom. The van der Waals surface area contributed by atoms with E-state index in [1.807, 2.05) is 36.4 Å². The zero-order valence-electron chi connectivity index (χ0n) is 15.6. The fourth-order valence-corrected chi connectivity index (χ4v) is 4.39. The number of hydrogen-bond donors (Lipinski definition) is 0. The van der Waals surface area contributed by atoms with Gasteiger partial charge in [0.1, 0.15) is 11.6 Å². The molecule has 4 aromatic rings. The SMILES string of the molecule is O=C1CC(c2c(F)cccc2Cl)c2c(c3ccccc3n(-c3ccccc3)c2=O)O1. The maximum absolute atomic E-state index is 14.8. The van der Waals surface area contributed by atoms with Crippen molar-refractivity contribution >= 4 is 28.5 Å². The van der Waals surface area contributed by atoms with E-state index in [4.69, 9.17) is 16.3 Å². The number of halogens is 2. The quantitative estimate of drug-likeness (QED) is 0.418. The number of carbonyl (C=O) groups is 1. The van der Waals surface area contributed by atoms with Crippen LogP contribution >= 0.6 is 11.6 Å². The first-order chi connectivity index (χ1) is 14.6. The van der Waals surface area contributed by atoms with E-state index in [2.05, 4.69) is 0 Å². The van der Waals surface area contributed by atoms with E-state index in [0.717, 1.165) is 0 Å². The van der Waals surface area contributed by atoms with Crippen molar-refractivity contribution in [1.29, 1.82) is 0 Å². The first-order valence-corrected chi connectivity index (χ1v) is 9.81. The number of rotatable bonds is 2. The van der Waals surface area contributed by atoms with Gasteiger partial charge in [0.15, 0.2) is 0 Å². The fourth-order valence-electron chi connectivity index (χ4n) is 4.10. The number of pyridine rings is 1. The van der Waals surface area contributed by atoms with E-state index in [-0.39, 0.29) is 33.9 Å². The van der Waals surface area contributed by atoms with Gasteiger partial charge >= 0.3 is 5.97 Å². The molecule has 1 atom stereocenters. The Labute approximate surface area is 176 Å². The average Bonchev–Trinajstić information content (AvgIpc) is 2.74. The number of benzene rings is 3. The minimum absolute atomic E-state index is 0.129. The van der Waals surface area contributed by atoms with Crippen molar-refractivity contribution in [3.05, 3.63) is 105 Å². The molecule has 0 aliphatic carbocycles. The average molecular weight is 420 g/mol. The van der Waals surface area contributed by atoms with Crippen LogP contribution in [0.2, 0.25) is 5.02 Å². The Morgan fingerprint density at radius 2 is 1.63 bits per heavy atom. The molecule has 0 saturated heterocycles. The van der Waals surface area contributed by atoms with Crippen LogP contribution in [0, 0.1) is 5.82 Å². The third-order valence-electron chi connectivity index (χ3n) is 5.37. The highest BCUT2D eigenvalue weighted by atomic mass is 35.5. The summed E-state index contributed by atoms with van der Waals surface area (Å²) in [5, 5.41) is 0.765. The molecule has 0 amide bonds. The number of hydrogen-bond acceptors (Lipinski definition) is 3. The van der Waals surface area contributed by atoms with Crippen molar-refractivity contribution in [3.8, 4) is 11.4 Å². The lowest BCUT2D eigenvalue weighted by atomic mass is 9.85. The van der Waals surface area contributed by atoms with Crippen molar-refractivity contribution in [2.24, 2.45) is 0 Å². The summed E-state index contributed by atoms with van der Waals surface area (Å²) in [5.74, 6) is -1.77. The number of esters is 1. The number of nitrogens with zero attached hydrogens (tertiary/aromatic N) is 1. The molecule has 0 spiro atoms. The lowest BCUT2D eigenvalue weighted by Gasteiger charge is -2.27. The van der Waals surface area contributed by atoms with Gasteiger partial charge in [-0.25, -0.2) is 4.39 Å². The first kappa shape index (κ1) is 18.6. The summed E-state index contributed by atoms with van der Waals surface area (Å²) >= 11 is 6.30. The first-order valence-electron chi connectivity index (χ1n) is 9.44. The minimum Gasteiger partial charge on any atom is -0.425 e. The monoisotopic (exact) mass is 419 g/mol. The van der Waals surface area contributed by atoms with Crippen LogP contribution in [0.25, 0.3) is 16.6 Å². The van der Waals surface area contributed by atoms with Gasteiger partial charge in [-0.05, 0) is 36.4 Å². The molecule has 3 aromatic carbocycles. The molecule has 0 N–H and O–H groups in total. The Bertz CT molecular complexity index is 1340. The number of para-hydroxylation sites is 2. The Kier molecular flexibility index (Phi) is 4.40. The summed E-state index contributed by atoms with van der Waals surface area (Å²) in [6.07, 6.45) is -0.171. The van der Waals surface area contributed by atoms with Crippen LogP contribution in [-0.2, 0) is 4.79 Å². The van der Waals surface area contributed by atoms with Crippen LogP contribution in [0.5, 0.6) is 5.75 Å².